The van der Waals surface area contributed by atoms with Crippen LogP contribution in [0.1, 0.15) is 105 Å². The molecule has 0 radical (unpaired) electrons. The maximum absolute atomic E-state index is 12.9. The number of amides is 4. The molecular formula is C78H111N23O17S5. The molecule has 5 aromatic heterocycles. The first kappa shape index (κ1) is 89.7. The SMILES string of the molecule is CN(C)C1COc2c(S(N)(=O)=O)cnn2C1.CN(C)[C@@H]1COc2c(S(=O)(=O)NC(=O)Nc3c4c(cc5c3CCC5)CCC4)cnn2C1.CN(C)[C@@H]1COc2c(S(N)(=O)=O)cnn2C1.CN(C)[C@H]1COc2c(S(=O)(=O)NC(=O)Nc3c4c(cc5c3CCC5)CCC4)cnn2C1.CN(C)[C@H]1COc2c(S(N)(=O)=O)cnn2C1.Nc1c2c(cc3c1CCC3)CCC2. The monoisotopic (exact) mass is 1800 g/mol. The topological polar surface area (TPSA) is 508 Å². The summed E-state index contributed by atoms with van der Waals surface area (Å²) in [5, 5.41) is 41.1. The van der Waals surface area contributed by atoms with Crippen molar-refractivity contribution >= 4 is 79.2 Å². The van der Waals surface area contributed by atoms with Crippen LogP contribution in [0, 0.1) is 0 Å². The number of carbonyl (C=O) groups is 2. The molecule has 0 saturated heterocycles. The molecule has 11 aliphatic rings. The van der Waals surface area contributed by atoms with Gasteiger partial charge < -0.3 is 64.6 Å². The minimum Gasteiger partial charge on any atom is -0.475 e. The summed E-state index contributed by atoms with van der Waals surface area (Å²) in [4.78, 5) is 35.1. The zero-order valence-corrected chi connectivity index (χ0v) is 74.9. The summed E-state index contributed by atoms with van der Waals surface area (Å²) in [5.74, 6) is 1.04. The Labute approximate surface area is 716 Å². The van der Waals surface area contributed by atoms with Gasteiger partial charge in [-0.15, -0.1) is 0 Å². The smallest absolute Gasteiger partial charge is 0.333 e. The van der Waals surface area contributed by atoms with E-state index in [0.29, 0.717) is 65.8 Å². The second-order valence-electron chi connectivity index (χ2n) is 33.6. The van der Waals surface area contributed by atoms with Crippen molar-refractivity contribution in [3.8, 4) is 29.4 Å². The van der Waals surface area contributed by atoms with Crippen molar-refractivity contribution in [2.24, 2.45) is 15.4 Å². The Morgan fingerprint density at radius 2 is 0.537 bits per heavy atom. The van der Waals surface area contributed by atoms with Crippen LogP contribution >= 0.6 is 0 Å². The molecule has 6 aliphatic carbocycles. The molecule has 0 fully saturated rings. The summed E-state index contributed by atoms with van der Waals surface area (Å²) in [6.07, 6.45) is 25.6. The average Bonchev–Trinajstić information content (AvgIpc) is 1.57. The van der Waals surface area contributed by atoms with Gasteiger partial charge in [0.05, 0.1) is 93.9 Å². The molecule has 670 valence electrons. The second-order valence-corrected chi connectivity index (χ2v) is 41.5. The molecule has 45 heteroatoms. The number of hydrogen-bond donors (Lipinski definition) is 8. The highest BCUT2D eigenvalue weighted by Gasteiger charge is 2.38. The summed E-state index contributed by atoms with van der Waals surface area (Å²) in [6.45, 7) is 4.83. The van der Waals surface area contributed by atoms with Gasteiger partial charge in [0.25, 0.3) is 20.0 Å². The molecule has 10 heterocycles. The number of aromatic nitrogens is 10. The first-order valence-corrected chi connectivity index (χ1v) is 48.6. The van der Waals surface area contributed by atoms with Crippen LogP contribution in [0.3, 0.4) is 0 Å². The van der Waals surface area contributed by atoms with Crippen molar-refractivity contribution < 1.29 is 75.4 Å². The van der Waals surface area contributed by atoms with Crippen LogP contribution in [-0.2, 0) is 160 Å². The summed E-state index contributed by atoms with van der Waals surface area (Å²) in [7, 11) is -0.200. The van der Waals surface area contributed by atoms with Gasteiger partial charge in [-0.2, -0.15) is 25.5 Å². The normalized spacial score (nSPS) is 19.9. The van der Waals surface area contributed by atoms with Crippen LogP contribution in [0.2, 0.25) is 0 Å². The Balaban J connectivity index is 0.000000125. The van der Waals surface area contributed by atoms with Crippen molar-refractivity contribution in [2.45, 2.75) is 203 Å². The van der Waals surface area contributed by atoms with Crippen molar-refractivity contribution in [3.05, 3.63) is 116 Å². The number of fused-ring (bicyclic) bond motifs is 11. The first-order chi connectivity index (χ1) is 58.2. The van der Waals surface area contributed by atoms with Crippen LogP contribution < -0.4 is 64.9 Å². The van der Waals surface area contributed by atoms with Gasteiger partial charge in [-0.05, 0) is 253 Å². The third-order valence-corrected chi connectivity index (χ3v) is 29.6. The number of nitrogens with two attached hydrogens (primary N) is 4. The number of carbonyl (C=O) groups excluding carboxylic acids is 2. The van der Waals surface area contributed by atoms with E-state index in [2.05, 4.69) is 63.8 Å². The van der Waals surface area contributed by atoms with Crippen molar-refractivity contribution in [1.82, 2.24) is 82.8 Å². The predicted octanol–water partition coefficient (Wildman–Crippen LogP) is 2.19. The third-order valence-electron chi connectivity index (χ3n) is 24.3. The molecule has 1 unspecified atom stereocenters. The van der Waals surface area contributed by atoms with Crippen LogP contribution in [0.15, 0.2) is 73.7 Å². The van der Waals surface area contributed by atoms with Gasteiger partial charge in [-0.25, -0.2) is 99.9 Å². The standard InChI is InChI=1S/2C21H27N5O4S.C12H15N.3C8H14N4O3S/c2*1-25(2)15-11-26-20(30-12-15)18(10-22-26)31(28,29)24-21(27)23-19-16-7-3-5-13(16)9-14-6-4-8-17(14)19;13-12-10-5-1-3-8(10)7-9-4-2-6-11(9)12;3*1-11(2)6-4-12-8(15-5-6)7(3-10-12)16(9,13)14/h2*9-10,15H,3-8,11-12H2,1-2H3,(H2,23,24,27);7H,1-6,13H2;3*3,6H,4-5H2,1-2H3,(H2,9,13,14)/t2*15-;;2*6-;/m10.10./s1. The second kappa shape index (κ2) is 36.2. The van der Waals surface area contributed by atoms with E-state index in [0.717, 1.165) is 116 Å². The summed E-state index contributed by atoms with van der Waals surface area (Å²) >= 11 is 0. The maximum Gasteiger partial charge on any atom is 0.333 e. The summed E-state index contributed by atoms with van der Waals surface area (Å²) < 4.78 is 158. The molecule has 5 aliphatic heterocycles. The third kappa shape index (κ3) is 19.6. The number of ether oxygens (including phenoxy) is 5. The number of hydrogen-bond acceptors (Lipinski definition) is 28. The molecule has 0 saturated carbocycles. The van der Waals surface area contributed by atoms with E-state index >= 15 is 0 Å². The Morgan fingerprint density at radius 3 is 0.756 bits per heavy atom. The van der Waals surface area contributed by atoms with Crippen LogP contribution in [0.5, 0.6) is 29.4 Å². The number of rotatable bonds is 14. The molecule has 5 atom stereocenters. The molecule has 0 spiro atoms. The highest BCUT2D eigenvalue weighted by atomic mass is 32.2. The zero-order valence-electron chi connectivity index (χ0n) is 70.8. The van der Waals surface area contributed by atoms with Gasteiger partial charge in [0, 0.05) is 17.1 Å². The van der Waals surface area contributed by atoms with Crippen LogP contribution in [0.25, 0.3) is 0 Å². The Kier molecular flexibility index (Phi) is 26.4. The fourth-order valence-electron chi connectivity index (χ4n) is 17.2. The average molecular weight is 1800 g/mol. The number of primary sulfonamides is 3. The molecule has 40 nitrogen and oxygen atoms in total. The molecule has 19 rings (SSSR count). The number of aryl methyl sites for hydroxylation is 6. The number of nitrogens with zero attached hydrogens (tertiary/aromatic N) is 15. The van der Waals surface area contributed by atoms with Gasteiger partial charge in [0.15, 0.2) is 24.5 Å². The summed E-state index contributed by atoms with van der Waals surface area (Å²) in [6, 6.07) is 6.18. The number of nitrogen functional groups attached to an aromatic ring is 1. The fourth-order valence-corrected chi connectivity index (χ4v) is 21.0. The minimum atomic E-state index is -4.13. The molecule has 123 heavy (non-hydrogen) atoms. The predicted molar refractivity (Wildman–Crippen MR) is 455 cm³/mol. The Bertz CT molecular complexity index is 5440. The molecular weight excluding hydrogens is 1690 g/mol. The van der Waals surface area contributed by atoms with Gasteiger partial charge in [0.2, 0.25) is 59.5 Å². The number of sulfonamides is 5. The van der Waals surface area contributed by atoms with Gasteiger partial charge >= 0.3 is 12.1 Å². The van der Waals surface area contributed by atoms with Crippen molar-refractivity contribution in [2.75, 3.05) is 120 Å². The molecule has 3 aromatic carbocycles. The van der Waals surface area contributed by atoms with Crippen molar-refractivity contribution in [3.63, 3.8) is 0 Å². The summed E-state index contributed by atoms with van der Waals surface area (Å²) in [5.41, 5.74) is 24.6. The van der Waals surface area contributed by atoms with Gasteiger partial charge in [-0.1, -0.05) is 18.2 Å². The first-order valence-electron chi connectivity index (χ1n) is 41.0. The van der Waals surface area contributed by atoms with Crippen LogP contribution in [-0.4, -0.2) is 261 Å². The van der Waals surface area contributed by atoms with E-state index in [-0.39, 0.29) is 84.1 Å². The fraction of sp³-hybridized carbons (Fsp3) is 0.551. The van der Waals surface area contributed by atoms with E-state index < -0.39 is 62.2 Å². The molecule has 4 amide bonds. The molecule has 0 bridgehead atoms. The highest BCUT2D eigenvalue weighted by molar-refractivity contribution is 7.91. The highest BCUT2D eigenvalue weighted by Crippen LogP contribution is 2.42. The largest absolute Gasteiger partial charge is 0.475 e. The van der Waals surface area contributed by atoms with Crippen LogP contribution in [0.4, 0.5) is 26.7 Å². The number of urea groups is 2. The Morgan fingerprint density at radius 1 is 0.333 bits per heavy atom. The van der Waals surface area contributed by atoms with E-state index in [1.165, 1.54) is 137 Å². The molecule has 12 N–H and O–H groups in total. The Hall–Kier alpha value is -9.52. The lowest BCUT2D eigenvalue weighted by molar-refractivity contribution is 0.117. The lowest BCUT2D eigenvalue weighted by Gasteiger charge is -2.29. The number of likely N-dealkylation sites (N-methyl/N-ethyl adjacent to an activating group) is 5. The minimum absolute atomic E-state index is 0.0512. The van der Waals surface area contributed by atoms with E-state index in [1.54, 1.807) is 0 Å². The van der Waals surface area contributed by atoms with E-state index in [4.69, 9.17) is 44.8 Å². The maximum atomic E-state index is 12.9. The van der Waals surface area contributed by atoms with Crippen molar-refractivity contribution in [1.29, 1.82) is 0 Å². The van der Waals surface area contributed by atoms with E-state index in [1.807, 2.05) is 95.0 Å². The quantitative estimate of drug-likeness (QED) is 0.0723. The number of anilines is 3. The number of nitrogens with one attached hydrogen (secondary N) is 4. The van der Waals surface area contributed by atoms with Gasteiger partial charge in [-0.3, -0.25) is 0 Å². The van der Waals surface area contributed by atoms with E-state index in [9.17, 15) is 51.7 Å². The number of benzene rings is 3. The zero-order chi connectivity index (χ0) is 88.1. The lowest BCUT2D eigenvalue weighted by atomic mass is 9.99. The lowest BCUT2D eigenvalue weighted by Crippen LogP contribution is -2.41. The van der Waals surface area contributed by atoms with Gasteiger partial charge in [0.1, 0.15) is 33.0 Å². The molecule has 8 aromatic rings.